The highest BCUT2D eigenvalue weighted by atomic mass is 32.1. The van der Waals surface area contributed by atoms with E-state index in [1.54, 1.807) is 45.0 Å². The first kappa shape index (κ1) is 19.0. The largest absolute Gasteiger partial charge is 0.455 e. The van der Waals surface area contributed by atoms with Gasteiger partial charge < -0.3 is 4.74 Å². The van der Waals surface area contributed by atoms with E-state index in [9.17, 15) is 22.8 Å². The van der Waals surface area contributed by atoms with Gasteiger partial charge in [0.2, 0.25) is 0 Å². The third-order valence-electron chi connectivity index (χ3n) is 2.90. The molecule has 2 aromatic rings. The van der Waals surface area contributed by atoms with Crippen molar-refractivity contribution in [3.05, 3.63) is 41.3 Å². The summed E-state index contributed by atoms with van der Waals surface area (Å²) in [6.45, 7) is 5.23. The Morgan fingerprint density at radius 3 is 2.12 bits per heavy atom. The van der Waals surface area contributed by atoms with Crippen LogP contribution in [0.5, 0.6) is 0 Å². The Labute approximate surface area is 146 Å². The molecule has 1 amide bonds. The molecule has 0 aliphatic carbocycles. The second-order valence-electron chi connectivity index (χ2n) is 6.20. The van der Waals surface area contributed by atoms with E-state index >= 15 is 0 Å². The van der Waals surface area contributed by atoms with Gasteiger partial charge in [0.05, 0.1) is 4.88 Å². The summed E-state index contributed by atoms with van der Waals surface area (Å²) in [5, 5.41) is 2.56. The molecule has 0 saturated carbocycles. The van der Waals surface area contributed by atoms with E-state index in [-0.39, 0.29) is 4.88 Å². The summed E-state index contributed by atoms with van der Waals surface area (Å²) in [7, 11) is 0. The van der Waals surface area contributed by atoms with Crippen LogP contribution in [0.3, 0.4) is 0 Å². The van der Waals surface area contributed by atoms with Crippen molar-refractivity contribution in [3.8, 4) is 10.4 Å². The van der Waals surface area contributed by atoms with Gasteiger partial charge in [0, 0.05) is 10.6 Å². The Balaban J connectivity index is 2.09. The van der Waals surface area contributed by atoms with Gasteiger partial charge >= 0.3 is 12.3 Å². The summed E-state index contributed by atoms with van der Waals surface area (Å²) in [6.07, 6.45) is -5.49. The SMILES string of the molecule is CC(C)(C)OC(=O)Nc1ccc(-c2ccc(C(=O)C(F)(F)F)s2)cc1. The number of Topliss-reactive ketones (excluding diaryl/α,β-unsaturated/α-hetero) is 1. The number of hydrogen-bond donors (Lipinski definition) is 1. The van der Waals surface area contributed by atoms with Crippen LogP contribution < -0.4 is 5.32 Å². The van der Waals surface area contributed by atoms with Crippen LogP contribution in [0.2, 0.25) is 0 Å². The van der Waals surface area contributed by atoms with Gasteiger partial charge in [-0.2, -0.15) is 13.2 Å². The van der Waals surface area contributed by atoms with E-state index in [1.807, 2.05) is 0 Å². The van der Waals surface area contributed by atoms with E-state index in [0.717, 1.165) is 17.4 Å². The number of anilines is 1. The summed E-state index contributed by atoms with van der Waals surface area (Å²) < 4.78 is 42.5. The quantitative estimate of drug-likeness (QED) is 0.724. The van der Waals surface area contributed by atoms with Crippen molar-refractivity contribution >= 4 is 28.9 Å². The molecule has 8 heteroatoms. The first-order chi connectivity index (χ1) is 11.5. The predicted molar refractivity (Wildman–Crippen MR) is 90.0 cm³/mol. The van der Waals surface area contributed by atoms with Crippen LogP contribution in [-0.2, 0) is 4.74 Å². The summed E-state index contributed by atoms with van der Waals surface area (Å²) in [5.74, 6) is -1.85. The minimum atomic E-state index is -4.89. The van der Waals surface area contributed by atoms with E-state index in [1.165, 1.54) is 6.07 Å². The summed E-state index contributed by atoms with van der Waals surface area (Å²) in [6, 6.07) is 9.10. The van der Waals surface area contributed by atoms with Crippen LogP contribution in [0.25, 0.3) is 10.4 Å². The molecule has 0 aliphatic rings. The zero-order chi connectivity index (χ0) is 18.8. The third-order valence-corrected chi connectivity index (χ3v) is 4.04. The van der Waals surface area contributed by atoms with Crippen molar-refractivity contribution < 1.29 is 27.5 Å². The molecule has 1 heterocycles. The number of nitrogens with one attached hydrogen (secondary N) is 1. The van der Waals surface area contributed by atoms with Crippen molar-refractivity contribution in [1.82, 2.24) is 0 Å². The molecule has 0 radical (unpaired) electrons. The first-order valence-electron chi connectivity index (χ1n) is 7.27. The van der Waals surface area contributed by atoms with Gasteiger partial charge in [-0.3, -0.25) is 10.1 Å². The second kappa shape index (κ2) is 6.87. The van der Waals surface area contributed by atoms with Gasteiger partial charge in [-0.25, -0.2) is 4.79 Å². The highest BCUT2D eigenvalue weighted by Gasteiger charge is 2.40. The fourth-order valence-electron chi connectivity index (χ4n) is 1.89. The lowest BCUT2D eigenvalue weighted by atomic mass is 10.1. The van der Waals surface area contributed by atoms with Gasteiger partial charge in [0.15, 0.2) is 0 Å². The maximum absolute atomic E-state index is 12.4. The molecule has 134 valence electrons. The molecule has 0 fully saturated rings. The third kappa shape index (κ3) is 5.32. The van der Waals surface area contributed by atoms with E-state index < -0.39 is 23.7 Å². The summed E-state index contributed by atoms with van der Waals surface area (Å²) >= 11 is 0.767. The van der Waals surface area contributed by atoms with Crippen LogP contribution in [0.15, 0.2) is 36.4 Å². The number of alkyl halides is 3. The smallest absolute Gasteiger partial charge is 0.444 e. The standard InChI is InChI=1S/C17H16F3NO3S/c1-16(2,3)24-15(23)21-11-6-4-10(5-7-11)12-8-9-13(25-12)14(22)17(18,19)20/h4-9H,1-3H3,(H,21,23). The molecule has 25 heavy (non-hydrogen) atoms. The number of benzene rings is 1. The molecule has 0 bridgehead atoms. The van der Waals surface area contributed by atoms with E-state index in [4.69, 9.17) is 4.74 Å². The van der Waals surface area contributed by atoms with Crippen LogP contribution >= 0.6 is 11.3 Å². The number of carbonyl (C=O) groups is 2. The van der Waals surface area contributed by atoms with Crippen molar-refractivity contribution in [2.75, 3.05) is 5.32 Å². The number of rotatable bonds is 3. The number of ketones is 1. The number of ether oxygens (including phenoxy) is 1. The lowest BCUT2D eigenvalue weighted by Gasteiger charge is -2.19. The normalized spacial score (nSPS) is 11.9. The molecule has 4 nitrogen and oxygen atoms in total. The van der Waals surface area contributed by atoms with Gasteiger partial charge in [-0.1, -0.05) is 12.1 Å². The van der Waals surface area contributed by atoms with Crippen molar-refractivity contribution in [2.45, 2.75) is 32.5 Å². The van der Waals surface area contributed by atoms with Crippen LogP contribution in [-0.4, -0.2) is 23.7 Å². The number of thiophene rings is 1. The Morgan fingerprint density at radius 1 is 1.00 bits per heavy atom. The maximum Gasteiger partial charge on any atom is 0.455 e. The molecule has 0 atom stereocenters. The summed E-state index contributed by atoms with van der Waals surface area (Å²) in [5.41, 5.74) is 0.504. The van der Waals surface area contributed by atoms with Crippen molar-refractivity contribution in [2.24, 2.45) is 0 Å². The van der Waals surface area contributed by atoms with E-state index in [0.29, 0.717) is 16.1 Å². The highest BCUT2D eigenvalue weighted by Crippen LogP contribution is 2.32. The molecule has 0 unspecified atom stereocenters. The molecule has 1 N–H and O–H groups in total. The maximum atomic E-state index is 12.4. The topological polar surface area (TPSA) is 55.4 Å². The minimum Gasteiger partial charge on any atom is -0.444 e. The van der Waals surface area contributed by atoms with Crippen molar-refractivity contribution in [1.29, 1.82) is 0 Å². The number of amides is 1. The number of carbonyl (C=O) groups excluding carboxylic acids is 2. The van der Waals surface area contributed by atoms with E-state index in [2.05, 4.69) is 5.32 Å². The fraction of sp³-hybridized carbons (Fsp3) is 0.294. The Kier molecular flexibility index (Phi) is 5.22. The molecule has 1 aromatic heterocycles. The zero-order valence-electron chi connectivity index (χ0n) is 13.7. The number of halogens is 3. The molecule has 0 aliphatic heterocycles. The van der Waals surface area contributed by atoms with Gasteiger partial charge in [0.1, 0.15) is 5.60 Å². The molecular weight excluding hydrogens is 355 g/mol. The Bertz CT molecular complexity index is 774. The molecule has 0 saturated heterocycles. The zero-order valence-corrected chi connectivity index (χ0v) is 14.5. The Hall–Kier alpha value is -2.35. The van der Waals surface area contributed by atoms with Crippen LogP contribution in [0.1, 0.15) is 30.4 Å². The average Bonchev–Trinajstić information content (AvgIpc) is 2.93. The lowest BCUT2D eigenvalue weighted by molar-refractivity contribution is -0.0882. The van der Waals surface area contributed by atoms with Gasteiger partial charge in [-0.05, 0) is 50.6 Å². The monoisotopic (exact) mass is 371 g/mol. The molecular formula is C17H16F3NO3S. The fourth-order valence-corrected chi connectivity index (χ4v) is 2.87. The van der Waals surface area contributed by atoms with Crippen LogP contribution in [0, 0.1) is 0 Å². The van der Waals surface area contributed by atoms with Crippen molar-refractivity contribution in [3.63, 3.8) is 0 Å². The van der Waals surface area contributed by atoms with Gasteiger partial charge in [-0.15, -0.1) is 11.3 Å². The summed E-state index contributed by atoms with van der Waals surface area (Å²) in [4.78, 5) is 23.1. The number of hydrogen-bond acceptors (Lipinski definition) is 4. The predicted octanol–water partition coefficient (Wildman–Crippen LogP) is 5.51. The molecule has 0 spiro atoms. The molecule has 2 rings (SSSR count). The van der Waals surface area contributed by atoms with Crippen LogP contribution in [0.4, 0.5) is 23.7 Å². The Morgan fingerprint density at radius 2 is 1.60 bits per heavy atom. The highest BCUT2D eigenvalue weighted by molar-refractivity contribution is 7.17. The van der Waals surface area contributed by atoms with Gasteiger partial charge in [0.25, 0.3) is 5.78 Å². The average molecular weight is 371 g/mol. The lowest BCUT2D eigenvalue weighted by Crippen LogP contribution is -2.27. The molecule has 1 aromatic carbocycles. The first-order valence-corrected chi connectivity index (χ1v) is 8.09. The second-order valence-corrected chi connectivity index (χ2v) is 7.28. The minimum absolute atomic E-state index is 0.363.